The fraction of sp³-hybridized carbons (Fsp3) is 0.438. The molecule has 0 bridgehead atoms. The van der Waals surface area contributed by atoms with Crippen molar-refractivity contribution in [1.82, 2.24) is 4.90 Å². The fourth-order valence-electron chi connectivity index (χ4n) is 2.79. The first kappa shape index (κ1) is 15.2. The van der Waals surface area contributed by atoms with E-state index >= 15 is 0 Å². The summed E-state index contributed by atoms with van der Waals surface area (Å²) < 4.78 is 0. The van der Waals surface area contributed by atoms with Gasteiger partial charge in [-0.15, -0.1) is 0 Å². The summed E-state index contributed by atoms with van der Waals surface area (Å²) >= 11 is 0. The highest BCUT2D eigenvalue weighted by molar-refractivity contribution is 6.52. The second-order valence-corrected chi connectivity index (χ2v) is 5.26. The van der Waals surface area contributed by atoms with E-state index < -0.39 is 11.7 Å². The van der Waals surface area contributed by atoms with Gasteiger partial charge in [-0.3, -0.25) is 19.3 Å². The molecule has 0 spiro atoms. The maximum absolute atomic E-state index is 12.2. The lowest BCUT2D eigenvalue weighted by Crippen LogP contribution is -2.42. The quantitative estimate of drug-likeness (QED) is 0.792. The van der Waals surface area contributed by atoms with Crippen LogP contribution in [0.1, 0.15) is 35.3 Å². The molecule has 1 heterocycles. The molecule has 21 heavy (non-hydrogen) atoms. The molecule has 0 fully saturated rings. The lowest BCUT2D eigenvalue weighted by atomic mass is 10.0. The fourth-order valence-corrected chi connectivity index (χ4v) is 2.79. The summed E-state index contributed by atoms with van der Waals surface area (Å²) in [7, 11) is 0. The molecule has 1 aliphatic rings. The molecule has 0 unspecified atom stereocenters. The summed E-state index contributed by atoms with van der Waals surface area (Å²) in [6, 6.07) is 3.63. The van der Waals surface area contributed by atoms with E-state index in [1.807, 2.05) is 33.8 Å². The van der Waals surface area contributed by atoms with E-state index in [9.17, 15) is 14.4 Å². The first-order valence-corrected chi connectivity index (χ1v) is 7.15. The Balaban J connectivity index is 2.38. The molecule has 2 rings (SSSR count). The monoisotopic (exact) mass is 288 g/mol. The van der Waals surface area contributed by atoms with Crippen molar-refractivity contribution in [3.05, 3.63) is 28.8 Å². The summed E-state index contributed by atoms with van der Waals surface area (Å²) in [6.07, 6.45) is 0. The number of likely N-dealkylation sites (N-methyl/N-ethyl adjacent to an activating group) is 1. The third kappa shape index (κ3) is 2.55. The number of nitrogens with zero attached hydrogens (tertiary/aromatic N) is 2. The van der Waals surface area contributed by atoms with Gasteiger partial charge in [0.1, 0.15) is 6.54 Å². The molecule has 0 N–H and O–H groups in total. The highest BCUT2D eigenvalue weighted by Gasteiger charge is 2.38. The Morgan fingerprint density at radius 3 is 2.33 bits per heavy atom. The van der Waals surface area contributed by atoms with Crippen LogP contribution in [0.3, 0.4) is 0 Å². The average Bonchev–Trinajstić information content (AvgIpc) is 2.65. The number of Topliss-reactive ketones (excluding diaryl/α,β-unsaturated/α-hetero) is 1. The highest BCUT2D eigenvalue weighted by Crippen LogP contribution is 2.33. The number of ketones is 1. The molecule has 0 atom stereocenters. The molecule has 1 aromatic carbocycles. The Morgan fingerprint density at radius 1 is 1.14 bits per heavy atom. The molecule has 0 saturated heterocycles. The highest BCUT2D eigenvalue weighted by atomic mass is 16.2. The van der Waals surface area contributed by atoms with Crippen LogP contribution >= 0.6 is 0 Å². The van der Waals surface area contributed by atoms with Crippen LogP contribution in [-0.4, -0.2) is 42.1 Å². The molecule has 1 aliphatic heterocycles. The zero-order chi connectivity index (χ0) is 15.7. The predicted octanol–water partition coefficient (Wildman–Crippen LogP) is 1.70. The van der Waals surface area contributed by atoms with Crippen LogP contribution in [0, 0.1) is 13.8 Å². The van der Waals surface area contributed by atoms with Crippen molar-refractivity contribution in [1.29, 1.82) is 0 Å². The Morgan fingerprint density at radius 2 is 1.76 bits per heavy atom. The minimum Gasteiger partial charge on any atom is -0.342 e. The van der Waals surface area contributed by atoms with Gasteiger partial charge in [0.2, 0.25) is 5.91 Å². The lowest BCUT2D eigenvalue weighted by molar-refractivity contribution is -0.130. The number of benzene rings is 1. The van der Waals surface area contributed by atoms with Gasteiger partial charge in [0.25, 0.3) is 11.7 Å². The molecule has 0 saturated carbocycles. The van der Waals surface area contributed by atoms with Gasteiger partial charge >= 0.3 is 0 Å². The number of fused-ring (bicyclic) bond motifs is 1. The van der Waals surface area contributed by atoms with E-state index in [0.717, 1.165) is 11.1 Å². The molecular formula is C16H20N2O3. The van der Waals surface area contributed by atoms with E-state index in [-0.39, 0.29) is 12.5 Å². The number of rotatable bonds is 4. The maximum Gasteiger partial charge on any atom is 0.299 e. The van der Waals surface area contributed by atoms with Gasteiger partial charge in [-0.2, -0.15) is 0 Å². The number of carbonyl (C=O) groups is 3. The predicted molar refractivity (Wildman–Crippen MR) is 80.5 cm³/mol. The summed E-state index contributed by atoms with van der Waals surface area (Å²) in [4.78, 5) is 39.4. The van der Waals surface area contributed by atoms with Crippen LogP contribution in [-0.2, 0) is 9.59 Å². The van der Waals surface area contributed by atoms with Gasteiger partial charge in [0, 0.05) is 13.1 Å². The topological polar surface area (TPSA) is 57.7 Å². The zero-order valence-electron chi connectivity index (χ0n) is 12.9. The summed E-state index contributed by atoms with van der Waals surface area (Å²) in [5.74, 6) is -1.28. The Labute approximate surface area is 124 Å². The number of anilines is 1. The number of carbonyl (C=O) groups excluding carboxylic acids is 3. The summed E-state index contributed by atoms with van der Waals surface area (Å²) in [5.41, 5.74) is 2.77. The first-order valence-electron chi connectivity index (χ1n) is 7.15. The Kier molecular flexibility index (Phi) is 4.11. The molecule has 1 aromatic rings. The van der Waals surface area contributed by atoms with Crippen LogP contribution in [0.4, 0.5) is 5.69 Å². The molecule has 5 nitrogen and oxygen atoms in total. The van der Waals surface area contributed by atoms with E-state index in [1.165, 1.54) is 4.90 Å². The van der Waals surface area contributed by atoms with Crippen molar-refractivity contribution in [2.75, 3.05) is 24.5 Å². The van der Waals surface area contributed by atoms with Gasteiger partial charge in [-0.25, -0.2) is 0 Å². The van der Waals surface area contributed by atoms with E-state index in [1.54, 1.807) is 11.0 Å². The van der Waals surface area contributed by atoms with Crippen molar-refractivity contribution >= 4 is 23.3 Å². The van der Waals surface area contributed by atoms with E-state index in [2.05, 4.69) is 0 Å². The Bertz CT molecular complexity index is 618. The van der Waals surface area contributed by atoms with Crippen molar-refractivity contribution in [3.8, 4) is 0 Å². The second-order valence-electron chi connectivity index (χ2n) is 5.26. The van der Waals surface area contributed by atoms with Crippen LogP contribution in [0.2, 0.25) is 0 Å². The molecule has 0 aliphatic carbocycles. The average molecular weight is 288 g/mol. The van der Waals surface area contributed by atoms with Gasteiger partial charge in [-0.1, -0.05) is 6.07 Å². The lowest BCUT2D eigenvalue weighted by Gasteiger charge is -2.23. The van der Waals surface area contributed by atoms with E-state index in [4.69, 9.17) is 0 Å². The van der Waals surface area contributed by atoms with Crippen molar-refractivity contribution in [2.24, 2.45) is 0 Å². The number of aryl methyl sites for hydroxylation is 2. The minimum atomic E-state index is -0.612. The SMILES string of the molecule is CCN(CC)C(=O)CN1C(=O)C(=O)c2cc(C)cc(C)c21. The third-order valence-electron chi connectivity index (χ3n) is 3.81. The normalized spacial score (nSPS) is 13.6. The van der Waals surface area contributed by atoms with Crippen molar-refractivity contribution in [3.63, 3.8) is 0 Å². The summed E-state index contributed by atoms with van der Waals surface area (Å²) in [5, 5.41) is 0. The molecular weight excluding hydrogens is 268 g/mol. The Hall–Kier alpha value is -2.17. The number of amides is 2. The van der Waals surface area contributed by atoms with Gasteiger partial charge in [0.05, 0.1) is 11.3 Å². The van der Waals surface area contributed by atoms with Gasteiger partial charge in [-0.05, 0) is 44.9 Å². The molecule has 112 valence electrons. The smallest absolute Gasteiger partial charge is 0.299 e. The molecule has 0 radical (unpaired) electrons. The number of hydrogen-bond donors (Lipinski definition) is 0. The van der Waals surface area contributed by atoms with Crippen LogP contribution in [0.5, 0.6) is 0 Å². The maximum atomic E-state index is 12.2. The minimum absolute atomic E-state index is 0.0802. The van der Waals surface area contributed by atoms with Gasteiger partial charge < -0.3 is 4.90 Å². The van der Waals surface area contributed by atoms with Crippen LogP contribution in [0.15, 0.2) is 12.1 Å². The van der Waals surface area contributed by atoms with Crippen molar-refractivity contribution in [2.45, 2.75) is 27.7 Å². The first-order chi connectivity index (χ1) is 9.90. The standard InChI is InChI=1S/C16H20N2O3/c1-5-17(6-2)13(19)9-18-14-11(4)7-10(3)8-12(14)15(20)16(18)21/h7-8H,5-6,9H2,1-4H3. The number of hydrogen-bond acceptors (Lipinski definition) is 3. The largest absolute Gasteiger partial charge is 0.342 e. The summed E-state index contributed by atoms with van der Waals surface area (Å²) in [6.45, 7) is 8.61. The van der Waals surface area contributed by atoms with Crippen LogP contribution in [0.25, 0.3) is 0 Å². The molecule has 5 heteroatoms. The second kappa shape index (κ2) is 5.68. The molecule has 2 amide bonds. The zero-order valence-corrected chi connectivity index (χ0v) is 12.9. The van der Waals surface area contributed by atoms with Crippen LogP contribution < -0.4 is 4.90 Å². The molecule has 0 aromatic heterocycles. The van der Waals surface area contributed by atoms with E-state index in [0.29, 0.717) is 24.3 Å². The van der Waals surface area contributed by atoms with Gasteiger partial charge in [0.15, 0.2) is 0 Å². The van der Waals surface area contributed by atoms with Crippen molar-refractivity contribution < 1.29 is 14.4 Å². The third-order valence-corrected chi connectivity index (χ3v) is 3.81.